The van der Waals surface area contributed by atoms with Crippen LogP contribution >= 0.6 is 12.6 Å². The maximum atomic E-state index is 11.4. The average Bonchev–Trinajstić information content (AvgIpc) is 2.36. The minimum Gasteiger partial charge on any atom is -0.356 e. The topological polar surface area (TPSA) is 61.4 Å². The van der Waals surface area contributed by atoms with Gasteiger partial charge >= 0.3 is 0 Å². The first-order valence-electron chi connectivity index (χ1n) is 6.50. The molecule has 0 atom stereocenters. The van der Waals surface area contributed by atoms with Crippen molar-refractivity contribution < 1.29 is 9.59 Å². The van der Waals surface area contributed by atoms with Gasteiger partial charge in [0.1, 0.15) is 6.42 Å². The lowest BCUT2D eigenvalue weighted by atomic mass is 10.3. The fourth-order valence-corrected chi connectivity index (χ4v) is 1.65. The van der Waals surface area contributed by atoms with Crippen molar-refractivity contribution in [2.45, 2.75) is 26.7 Å². The number of carbonyl (C=O) groups is 2. The quantitative estimate of drug-likeness (QED) is 0.305. The first-order chi connectivity index (χ1) is 8.63. The monoisotopic (exact) mass is 275 g/mol. The lowest BCUT2D eigenvalue weighted by molar-refractivity contribution is -0.129. The molecular formula is C12H25N3O2S. The summed E-state index contributed by atoms with van der Waals surface area (Å²) in [6.45, 7) is 8.38. The molecular weight excluding hydrogens is 250 g/mol. The average molecular weight is 275 g/mol. The molecule has 0 fully saturated rings. The van der Waals surface area contributed by atoms with E-state index in [1.54, 1.807) is 0 Å². The highest BCUT2D eigenvalue weighted by Crippen LogP contribution is 1.90. The number of amides is 2. The van der Waals surface area contributed by atoms with E-state index in [9.17, 15) is 9.59 Å². The number of nitrogens with one attached hydrogen (secondary N) is 2. The third-order valence-corrected chi connectivity index (χ3v) is 2.85. The number of hydrogen-bond acceptors (Lipinski definition) is 4. The summed E-state index contributed by atoms with van der Waals surface area (Å²) in [7, 11) is 0. The highest BCUT2D eigenvalue weighted by molar-refractivity contribution is 7.80. The molecule has 18 heavy (non-hydrogen) atoms. The number of thiol groups is 1. The summed E-state index contributed by atoms with van der Waals surface area (Å²) in [4.78, 5) is 24.9. The number of carbonyl (C=O) groups excluding carboxylic acids is 2. The van der Waals surface area contributed by atoms with Crippen LogP contribution in [-0.2, 0) is 9.59 Å². The van der Waals surface area contributed by atoms with Crippen LogP contribution in [0.2, 0.25) is 0 Å². The van der Waals surface area contributed by atoms with Gasteiger partial charge in [-0.2, -0.15) is 12.6 Å². The highest BCUT2D eigenvalue weighted by atomic mass is 32.1. The Morgan fingerprint density at radius 2 is 1.61 bits per heavy atom. The van der Waals surface area contributed by atoms with Crippen molar-refractivity contribution in [2.75, 3.05) is 38.5 Å². The number of nitrogens with zero attached hydrogens (tertiary/aromatic N) is 1. The first-order valence-corrected chi connectivity index (χ1v) is 7.13. The Bertz CT molecular complexity index is 245. The largest absolute Gasteiger partial charge is 0.356 e. The third kappa shape index (κ3) is 9.30. The second-order valence-electron chi connectivity index (χ2n) is 3.98. The Labute approximate surface area is 115 Å². The Balaban J connectivity index is 3.55. The minimum atomic E-state index is -0.245. The van der Waals surface area contributed by atoms with Crippen molar-refractivity contribution in [3.63, 3.8) is 0 Å². The van der Waals surface area contributed by atoms with E-state index in [0.29, 0.717) is 18.8 Å². The van der Waals surface area contributed by atoms with Crippen molar-refractivity contribution in [3.8, 4) is 0 Å². The Kier molecular flexibility index (Phi) is 10.9. The van der Waals surface area contributed by atoms with Gasteiger partial charge in [-0.25, -0.2) is 0 Å². The summed E-state index contributed by atoms with van der Waals surface area (Å²) in [6, 6.07) is 0. The molecule has 0 saturated heterocycles. The SMILES string of the molecule is CCN(CC)CCCNC(=O)CC(=O)NCCS. The fourth-order valence-electron chi connectivity index (χ4n) is 1.54. The second-order valence-corrected chi connectivity index (χ2v) is 4.43. The predicted molar refractivity (Wildman–Crippen MR) is 76.9 cm³/mol. The van der Waals surface area contributed by atoms with Crippen LogP contribution in [0.3, 0.4) is 0 Å². The second kappa shape index (κ2) is 11.3. The van der Waals surface area contributed by atoms with Gasteiger partial charge in [0, 0.05) is 18.8 Å². The molecule has 0 aromatic carbocycles. The molecule has 0 spiro atoms. The van der Waals surface area contributed by atoms with Crippen LogP contribution in [0, 0.1) is 0 Å². The zero-order valence-electron chi connectivity index (χ0n) is 11.4. The zero-order valence-corrected chi connectivity index (χ0v) is 12.3. The molecule has 0 bridgehead atoms. The Hall–Kier alpha value is -0.750. The van der Waals surface area contributed by atoms with Gasteiger partial charge in [-0.15, -0.1) is 0 Å². The van der Waals surface area contributed by atoms with Crippen LogP contribution in [0.5, 0.6) is 0 Å². The van der Waals surface area contributed by atoms with Crippen LogP contribution in [0.15, 0.2) is 0 Å². The molecule has 106 valence electrons. The molecule has 0 aromatic rings. The van der Waals surface area contributed by atoms with E-state index in [1.165, 1.54) is 0 Å². The molecule has 0 aliphatic rings. The molecule has 0 saturated carbocycles. The molecule has 0 aromatic heterocycles. The van der Waals surface area contributed by atoms with E-state index >= 15 is 0 Å². The van der Waals surface area contributed by atoms with E-state index in [0.717, 1.165) is 26.1 Å². The number of hydrogen-bond donors (Lipinski definition) is 3. The van der Waals surface area contributed by atoms with Gasteiger partial charge in [0.15, 0.2) is 0 Å². The van der Waals surface area contributed by atoms with Crippen molar-refractivity contribution in [3.05, 3.63) is 0 Å². The predicted octanol–water partition coefficient (Wildman–Crippen LogP) is 0.271. The molecule has 0 aliphatic heterocycles. The van der Waals surface area contributed by atoms with Gasteiger partial charge in [-0.1, -0.05) is 13.8 Å². The summed E-state index contributed by atoms with van der Waals surface area (Å²) in [5, 5.41) is 5.35. The van der Waals surface area contributed by atoms with Crippen molar-refractivity contribution in [1.82, 2.24) is 15.5 Å². The molecule has 0 unspecified atom stereocenters. The molecule has 0 heterocycles. The van der Waals surface area contributed by atoms with Gasteiger partial charge in [-0.3, -0.25) is 9.59 Å². The number of rotatable bonds is 10. The smallest absolute Gasteiger partial charge is 0.229 e. The molecule has 5 nitrogen and oxygen atoms in total. The van der Waals surface area contributed by atoms with Crippen LogP contribution in [-0.4, -0.2) is 55.2 Å². The zero-order chi connectivity index (χ0) is 13.8. The molecule has 0 aliphatic carbocycles. The maximum absolute atomic E-state index is 11.4. The van der Waals surface area contributed by atoms with E-state index in [1.807, 2.05) is 0 Å². The Morgan fingerprint density at radius 1 is 1.06 bits per heavy atom. The van der Waals surface area contributed by atoms with E-state index in [4.69, 9.17) is 0 Å². The summed E-state index contributed by atoms with van der Waals surface area (Å²) in [5.74, 6) is 0.119. The van der Waals surface area contributed by atoms with Gasteiger partial charge in [0.05, 0.1) is 0 Å². The van der Waals surface area contributed by atoms with Crippen molar-refractivity contribution in [1.29, 1.82) is 0 Å². The highest BCUT2D eigenvalue weighted by Gasteiger charge is 2.07. The molecule has 0 radical (unpaired) electrons. The third-order valence-electron chi connectivity index (χ3n) is 2.62. The summed E-state index contributed by atoms with van der Waals surface area (Å²) < 4.78 is 0. The first kappa shape index (κ1) is 17.2. The minimum absolute atomic E-state index is 0.0982. The summed E-state index contributed by atoms with van der Waals surface area (Å²) in [6.07, 6.45) is 0.810. The molecule has 2 amide bonds. The van der Waals surface area contributed by atoms with Crippen LogP contribution in [0.25, 0.3) is 0 Å². The van der Waals surface area contributed by atoms with E-state index < -0.39 is 0 Å². The Morgan fingerprint density at radius 3 is 2.11 bits per heavy atom. The fraction of sp³-hybridized carbons (Fsp3) is 0.833. The van der Waals surface area contributed by atoms with Crippen molar-refractivity contribution >= 4 is 24.4 Å². The maximum Gasteiger partial charge on any atom is 0.229 e. The molecule has 6 heteroatoms. The van der Waals surface area contributed by atoms with Gasteiger partial charge in [0.25, 0.3) is 0 Å². The summed E-state index contributed by atoms with van der Waals surface area (Å²) in [5.41, 5.74) is 0. The van der Waals surface area contributed by atoms with Crippen molar-refractivity contribution in [2.24, 2.45) is 0 Å². The molecule has 0 rings (SSSR count). The van der Waals surface area contributed by atoms with Gasteiger partial charge < -0.3 is 15.5 Å². The lowest BCUT2D eigenvalue weighted by Gasteiger charge is -2.17. The van der Waals surface area contributed by atoms with Crippen LogP contribution in [0.4, 0.5) is 0 Å². The normalized spacial score (nSPS) is 10.4. The molecule has 2 N–H and O–H groups in total. The lowest BCUT2D eigenvalue weighted by Crippen LogP contribution is -2.34. The van der Waals surface area contributed by atoms with E-state index in [2.05, 4.69) is 42.0 Å². The van der Waals surface area contributed by atoms with Crippen LogP contribution in [0.1, 0.15) is 26.7 Å². The van der Waals surface area contributed by atoms with Gasteiger partial charge in [-0.05, 0) is 26.1 Å². The van der Waals surface area contributed by atoms with E-state index in [-0.39, 0.29) is 18.2 Å². The summed E-state index contributed by atoms with van der Waals surface area (Å²) >= 11 is 3.97. The van der Waals surface area contributed by atoms with Crippen LogP contribution < -0.4 is 10.6 Å². The van der Waals surface area contributed by atoms with Gasteiger partial charge in [0.2, 0.25) is 11.8 Å². The standard InChI is InChI=1S/C12H25N3O2S/c1-3-15(4-2)8-5-6-13-11(16)10-12(17)14-7-9-18/h18H,3-10H2,1-2H3,(H,13,16)(H,14,17).